The summed E-state index contributed by atoms with van der Waals surface area (Å²) in [7, 11) is 0. The van der Waals surface area contributed by atoms with Gasteiger partial charge in [-0.05, 0) is 17.0 Å². The van der Waals surface area contributed by atoms with Crippen molar-refractivity contribution in [2.24, 2.45) is 0 Å². The summed E-state index contributed by atoms with van der Waals surface area (Å²) in [4.78, 5) is 11.4. The van der Waals surface area contributed by atoms with Gasteiger partial charge in [-0.1, -0.05) is 39.0 Å². The van der Waals surface area contributed by atoms with Crippen LogP contribution < -0.4 is 0 Å². The fraction of sp³-hybridized carbons (Fsp3) is 0.364. The molecule has 15 heavy (non-hydrogen) atoms. The highest BCUT2D eigenvalue weighted by molar-refractivity contribution is 6.09. The van der Waals surface area contributed by atoms with Crippen molar-refractivity contribution in [3.63, 3.8) is 0 Å². The first-order valence-corrected chi connectivity index (χ1v) is 4.94. The summed E-state index contributed by atoms with van der Waals surface area (Å²) in [5.41, 5.74) is 1.59. The predicted molar refractivity (Wildman–Crippen MR) is 59.9 cm³/mol. The molecule has 2 N–H and O–H groups in total. The second-order valence-corrected chi connectivity index (χ2v) is 4.44. The minimum absolute atomic E-state index is 0. The maximum absolute atomic E-state index is 11.4. The van der Waals surface area contributed by atoms with Crippen molar-refractivity contribution in [3.05, 3.63) is 35.4 Å². The molecule has 0 saturated heterocycles. The summed E-state index contributed by atoms with van der Waals surface area (Å²) in [6, 6.07) is 7.51. The Morgan fingerprint density at radius 1 is 1.27 bits per heavy atom. The van der Waals surface area contributed by atoms with Gasteiger partial charge in [0, 0.05) is 0 Å². The van der Waals surface area contributed by atoms with E-state index in [2.05, 4.69) is 24.6 Å². The molecule has 0 spiro atoms. The number of rotatable bonds is 1. The van der Waals surface area contributed by atoms with E-state index in [0.717, 1.165) is 5.56 Å². The van der Waals surface area contributed by atoms with Gasteiger partial charge < -0.3 is 9.26 Å². The maximum atomic E-state index is 11.4. The minimum Gasteiger partial charge on any atom is -0.625 e. The molecule has 0 aliphatic heterocycles. The zero-order chi connectivity index (χ0) is 10.8. The standard InChI is InChI=1S/C11H14O2.Al.H2O/c1-11(2,3)9-7-5-4-6-8(9)10(12)13;;/h4-7H,1-3H3,(H,12,13);;1H2/q;+1;/p-1. The number of carbonyl (C=O) groups excluding carboxylic acids is 1. The lowest BCUT2D eigenvalue weighted by Crippen LogP contribution is -2.17. The van der Waals surface area contributed by atoms with Crippen LogP contribution in [0.15, 0.2) is 24.3 Å². The molecule has 0 aliphatic carbocycles. The zero-order valence-corrected chi connectivity index (χ0v) is 10.4. The van der Waals surface area contributed by atoms with E-state index in [-0.39, 0.29) is 16.9 Å². The van der Waals surface area contributed by atoms with Crippen LogP contribution in [0.2, 0.25) is 0 Å². The lowest BCUT2D eigenvalue weighted by molar-refractivity contribution is 0.0747. The molecule has 0 fully saturated rings. The molecule has 80 valence electrons. The molecular weight excluding hydrogens is 207 g/mol. The Morgan fingerprint density at radius 2 is 1.80 bits per heavy atom. The van der Waals surface area contributed by atoms with Crippen molar-refractivity contribution in [3.8, 4) is 0 Å². The van der Waals surface area contributed by atoms with Crippen molar-refractivity contribution in [1.29, 1.82) is 0 Å². The Balaban J connectivity index is 0.00000196. The highest BCUT2D eigenvalue weighted by atomic mass is 27.1. The third-order valence-electron chi connectivity index (χ3n) is 2.06. The van der Waals surface area contributed by atoms with Crippen LogP contribution in [-0.4, -0.2) is 28.1 Å². The van der Waals surface area contributed by atoms with Gasteiger partial charge in [0.1, 0.15) is 0 Å². The van der Waals surface area contributed by atoms with E-state index >= 15 is 0 Å². The van der Waals surface area contributed by atoms with Crippen LogP contribution in [-0.2, 0) is 9.20 Å². The fourth-order valence-electron chi connectivity index (χ4n) is 1.38. The number of carbonyl (C=O) groups is 1. The van der Waals surface area contributed by atoms with Crippen LogP contribution in [0.5, 0.6) is 0 Å². The molecule has 4 heteroatoms. The largest absolute Gasteiger partial charge is 0.625 e. The Labute approximate surface area is 98.5 Å². The van der Waals surface area contributed by atoms with Gasteiger partial charge in [0.2, 0.25) is 0 Å². The van der Waals surface area contributed by atoms with Crippen molar-refractivity contribution < 1.29 is 14.1 Å². The molecule has 3 nitrogen and oxygen atoms in total. The molecule has 1 aromatic rings. The van der Waals surface area contributed by atoms with Crippen molar-refractivity contribution in [2.45, 2.75) is 26.2 Å². The normalized spacial score (nSPS) is 10.3. The quantitative estimate of drug-likeness (QED) is 0.674. The molecule has 1 aromatic carbocycles. The van der Waals surface area contributed by atoms with E-state index in [4.69, 9.17) is 0 Å². The van der Waals surface area contributed by atoms with E-state index in [0.29, 0.717) is 5.56 Å². The monoisotopic (exact) mass is 222 g/mol. The van der Waals surface area contributed by atoms with E-state index in [1.165, 1.54) is 0 Å². The first-order chi connectivity index (χ1) is 6.46. The third kappa shape index (κ3) is 3.35. The molecule has 0 saturated carbocycles. The molecule has 0 atom stereocenters. The smallest absolute Gasteiger partial charge is 0.485 e. The van der Waals surface area contributed by atoms with Gasteiger partial charge in [-0.2, -0.15) is 0 Å². The van der Waals surface area contributed by atoms with Gasteiger partial charge in [0.15, 0.2) is 0 Å². The van der Waals surface area contributed by atoms with E-state index in [1.807, 2.05) is 34.8 Å². The fourth-order valence-corrected chi connectivity index (χ4v) is 1.51. The van der Waals surface area contributed by atoms with Crippen LogP contribution in [0.4, 0.5) is 0 Å². The van der Waals surface area contributed by atoms with E-state index < -0.39 is 0 Å². The predicted octanol–water partition coefficient (Wildman–Crippen LogP) is 1.40. The molecular formula is C11H15AlO3. The van der Waals surface area contributed by atoms with Crippen LogP contribution in [0.25, 0.3) is 0 Å². The number of benzene rings is 1. The molecule has 0 heterocycles. The van der Waals surface area contributed by atoms with Gasteiger partial charge in [-0.3, -0.25) is 0 Å². The average Bonchev–Trinajstić information content (AvgIpc) is 2.15. The molecule has 2 radical (unpaired) electrons. The maximum Gasteiger partial charge on any atom is 0.485 e. The summed E-state index contributed by atoms with van der Waals surface area (Å²) >= 11 is 1.98. The summed E-state index contributed by atoms with van der Waals surface area (Å²) in [5, 5.41) is 0. The molecule has 0 bridgehead atoms. The SMILES string of the molecule is CC(C)(C)c1ccccc1C(=O)[O][Al].O. The topological polar surface area (TPSA) is 57.8 Å². The average molecular weight is 222 g/mol. The summed E-state index contributed by atoms with van der Waals surface area (Å²) in [6.45, 7) is 6.21. The molecule has 0 aromatic heterocycles. The van der Waals surface area contributed by atoms with Crippen LogP contribution in [0.3, 0.4) is 0 Å². The first-order valence-electron chi connectivity index (χ1n) is 4.47. The lowest BCUT2D eigenvalue weighted by Gasteiger charge is -2.21. The van der Waals surface area contributed by atoms with Crippen LogP contribution in [0.1, 0.15) is 36.7 Å². The van der Waals surface area contributed by atoms with Gasteiger partial charge >= 0.3 is 22.6 Å². The highest BCUT2D eigenvalue weighted by Crippen LogP contribution is 2.25. The van der Waals surface area contributed by atoms with Crippen LogP contribution >= 0.6 is 0 Å². The van der Waals surface area contributed by atoms with Gasteiger partial charge in [-0.25, -0.2) is 4.79 Å². The number of hydrogen-bond donors (Lipinski definition) is 0. The Morgan fingerprint density at radius 3 is 2.27 bits per heavy atom. The number of hydrogen-bond acceptors (Lipinski definition) is 2. The summed E-state index contributed by atoms with van der Waals surface area (Å²) in [6.07, 6.45) is 0. The molecule has 1 rings (SSSR count). The third-order valence-corrected chi connectivity index (χ3v) is 2.28. The molecule has 0 aliphatic rings. The Bertz CT molecular complexity index is 342. The molecule has 0 amide bonds. The van der Waals surface area contributed by atoms with Gasteiger partial charge in [-0.15, -0.1) is 0 Å². The van der Waals surface area contributed by atoms with Crippen molar-refractivity contribution in [1.82, 2.24) is 0 Å². The van der Waals surface area contributed by atoms with Gasteiger partial charge in [0.25, 0.3) is 0 Å². The van der Waals surface area contributed by atoms with E-state index in [1.54, 1.807) is 6.07 Å². The van der Waals surface area contributed by atoms with Gasteiger partial charge in [0.05, 0.1) is 5.56 Å². The minimum atomic E-state index is -0.305. The van der Waals surface area contributed by atoms with Crippen molar-refractivity contribution in [2.75, 3.05) is 0 Å². The Hall–Kier alpha value is -0.818. The Kier molecular flexibility index (Phi) is 5.03. The lowest BCUT2D eigenvalue weighted by atomic mass is 9.84. The second-order valence-electron chi connectivity index (χ2n) is 4.20. The molecule has 0 unspecified atom stereocenters. The summed E-state index contributed by atoms with van der Waals surface area (Å²) in [5.74, 6) is -0.305. The zero-order valence-electron chi connectivity index (χ0n) is 9.20. The van der Waals surface area contributed by atoms with E-state index in [9.17, 15) is 4.79 Å². The summed E-state index contributed by atoms with van der Waals surface area (Å²) < 4.78 is 4.65. The first kappa shape index (κ1) is 14.2. The second kappa shape index (κ2) is 5.32. The van der Waals surface area contributed by atoms with Crippen molar-refractivity contribution >= 4 is 22.6 Å². The van der Waals surface area contributed by atoms with Crippen LogP contribution in [0, 0.1) is 0 Å². The highest BCUT2D eigenvalue weighted by Gasteiger charge is 2.20.